The van der Waals surface area contributed by atoms with E-state index in [1.54, 1.807) is 24.3 Å². The lowest BCUT2D eigenvalue weighted by atomic mass is 10.1. The summed E-state index contributed by atoms with van der Waals surface area (Å²) in [6.07, 6.45) is 1.21. The number of oxazole rings is 1. The van der Waals surface area contributed by atoms with Gasteiger partial charge in [-0.3, -0.25) is 4.79 Å². The Morgan fingerprint density at radius 3 is 3.06 bits per heavy atom. The van der Waals surface area contributed by atoms with Crippen molar-refractivity contribution in [2.75, 3.05) is 0 Å². The fourth-order valence-corrected chi connectivity index (χ4v) is 1.45. The summed E-state index contributed by atoms with van der Waals surface area (Å²) in [5.74, 6) is 0.0431. The SMILES string of the molecule is CC(=O)Oc1ncoc1-c1cccc(CO)c1. The first-order valence-electron chi connectivity index (χ1n) is 5.03. The smallest absolute Gasteiger partial charge is 0.309 e. The normalized spacial score (nSPS) is 10.2. The molecule has 2 rings (SSSR count). The summed E-state index contributed by atoms with van der Waals surface area (Å²) in [7, 11) is 0. The van der Waals surface area contributed by atoms with Crippen molar-refractivity contribution in [2.24, 2.45) is 0 Å². The summed E-state index contributed by atoms with van der Waals surface area (Å²) in [5, 5.41) is 9.04. The van der Waals surface area contributed by atoms with Gasteiger partial charge in [0.2, 0.25) is 0 Å². The monoisotopic (exact) mass is 233 g/mol. The van der Waals surface area contributed by atoms with E-state index in [2.05, 4.69) is 4.98 Å². The largest absolute Gasteiger partial charge is 0.439 e. The maximum atomic E-state index is 10.9. The van der Waals surface area contributed by atoms with Gasteiger partial charge in [0.05, 0.1) is 6.61 Å². The molecule has 0 spiro atoms. The molecule has 1 aromatic heterocycles. The van der Waals surface area contributed by atoms with Crippen molar-refractivity contribution in [2.45, 2.75) is 13.5 Å². The number of aromatic nitrogens is 1. The third kappa shape index (κ3) is 2.51. The first-order chi connectivity index (χ1) is 8.20. The van der Waals surface area contributed by atoms with Gasteiger partial charge in [-0.15, -0.1) is 0 Å². The third-order valence-corrected chi connectivity index (χ3v) is 2.15. The van der Waals surface area contributed by atoms with Crippen molar-refractivity contribution in [3.8, 4) is 17.2 Å². The fourth-order valence-electron chi connectivity index (χ4n) is 1.45. The minimum Gasteiger partial charge on any atom is -0.439 e. The molecule has 2 aromatic rings. The second-order valence-corrected chi connectivity index (χ2v) is 3.44. The van der Waals surface area contributed by atoms with Crippen molar-refractivity contribution in [3.63, 3.8) is 0 Å². The maximum absolute atomic E-state index is 10.9. The van der Waals surface area contributed by atoms with E-state index in [1.165, 1.54) is 13.3 Å². The van der Waals surface area contributed by atoms with Gasteiger partial charge < -0.3 is 14.3 Å². The molecule has 5 nitrogen and oxygen atoms in total. The van der Waals surface area contributed by atoms with Crippen molar-refractivity contribution in [1.82, 2.24) is 4.98 Å². The molecule has 0 unspecified atom stereocenters. The molecular formula is C12H11NO4. The highest BCUT2D eigenvalue weighted by Gasteiger charge is 2.14. The van der Waals surface area contributed by atoms with Crippen LogP contribution in [0.15, 0.2) is 35.1 Å². The summed E-state index contributed by atoms with van der Waals surface area (Å²) in [4.78, 5) is 14.7. The Hall–Kier alpha value is -2.14. The van der Waals surface area contributed by atoms with Crippen LogP contribution in [0.1, 0.15) is 12.5 Å². The van der Waals surface area contributed by atoms with E-state index in [-0.39, 0.29) is 12.5 Å². The molecule has 0 amide bonds. The topological polar surface area (TPSA) is 72.6 Å². The molecule has 1 heterocycles. The molecule has 0 aliphatic heterocycles. The Labute approximate surface area is 97.7 Å². The summed E-state index contributed by atoms with van der Waals surface area (Å²) >= 11 is 0. The van der Waals surface area contributed by atoms with E-state index in [4.69, 9.17) is 14.3 Å². The van der Waals surface area contributed by atoms with Crippen LogP contribution in [0.5, 0.6) is 5.88 Å². The summed E-state index contributed by atoms with van der Waals surface area (Å²) in [6, 6.07) is 7.09. The summed E-state index contributed by atoms with van der Waals surface area (Å²) in [5.41, 5.74) is 1.44. The maximum Gasteiger partial charge on any atom is 0.309 e. The van der Waals surface area contributed by atoms with Gasteiger partial charge in [-0.2, -0.15) is 4.98 Å². The highest BCUT2D eigenvalue weighted by molar-refractivity contribution is 5.72. The van der Waals surface area contributed by atoms with Gasteiger partial charge in [-0.1, -0.05) is 18.2 Å². The molecular weight excluding hydrogens is 222 g/mol. The molecule has 0 atom stereocenters. The van der Waals surface area contributed by atoms with Crippen molar-refractivity contribution < 1.29 is 19.1 Å². The lowest BCUT2D eigenvalue weighted by Crippen LogP contribution is -2.02. The lowest BCUT2D eigenvalue weighted by Gasteiger charge is -2.02. The van der Waals surface area contributed by atoms with E-state index in [0.717, 1.165) is 5.56 Å². The van der Waals surface area contributed by atoms with E-state index >= 15 is 0 Å². The first-order valence-corrected chi connectivity index (χ1v) is 5.03. The van der Waals surface area contributed by atoms with Crippen LogP contribution in [0.2, 0.25) is 0 Å². The molecule has 0 saturated heterocycles. The minimum atomic E-state index is -0.460. The zero-order valence-corrected chi connectivity index (χ0v) is 9.21. The molecule has 0 aliphatic rings. The van der Waals surface area contributed by atoms with Crippen LogP contribution >= 0.6 is 0 Å². The number of ether oxygens (including phenoxy) is 1. The molecule has 17 heavy (non-hydrogen) atoms. The minimum absolute atomic E-state index is 0.0646. The third-order valence-electron chi connectivity index (χ3n) is 2.15. The Balaban J connectivity index is 2.38. The van der Waals surface area contributed by atoms with E-state index in [9.17, 15) is 4.79 Å². The second-order valence-electron chi connectivity index (χ2n) is 3.44. The molecule has 0 fully saturated rings. The van der Waals surface area contributed by atoms with Crippen LogP contribution in [-0.4, -0.2) is 16.1 Å². The number of hydrogen-bond acceptors (Lipinski definition) is 5. The van der Waals surface area contributed by atoms with Crippen LogP contribution in [0.4, 0.5) is 0 Å². The number of aliphatic hydroxyl groups excluding tert-OH is 1. The van der Waals surface area contributed by atoms with Gasteiger partial charge in [0.15, 0.2) is 12.2 Å². The number of benzene rings is 1. The quantitative estimate of drug-likeness (QED) is 0.818. The molecule has 5 heteroatoms. The molecule has 0 saturated carbocycles. The van der Waals surface area contributed by atoms with Gasteiger partial charge in [0.1, 0.15) is 0 Å². The highest BCUT2D eigenvalue weighted by atomic mass is 16.5. The van der Waals surface area contributed by atoms with Gasteiger partial charge in [0, 0.05) is 12.5 Å². The summed E-state index contributed by atoms with van der Waals surface area (Å²) < 4.78 is 10.1. The highest BCUT2D eigenvalue weighted by Crippen LogP contribution is 2.29. The standard InChI is InChI=1S/C12H11NO4/c1-8(15)17-12-11(16-7-13-12)10-4-2-3-9(5-10)6-14/h2-5,7,14H,6H2,1H3. The Morgan fingerprint density at radius 1 is 1.53 bits per heavy atom. The fraction of sp³-hybridized carbons (Fsp3) is 0.167. The number of esters is 1. The van der Waals surface area contributed by atoms with Crippen LogP contribution in [-0.2, 0) is 11.4 Å². The number of aliphatic hydroxyl groups is 1. The predicted molar refractivity (Wildman–Crippen MR) is 59.2 cm³/mol. The Bertz CT molecular complexity index is 533. The molecule has 1 N–H and O–H groups in total. The van der Waals surface area contributed by atoms with Crippen LogP contribution < -0.4 is 4.74 Å². The van der Waals surface area contributed by atoms with E-state index in [1.807, 2.05) is 0 Å². The zero-order chi connectivity index (χ0) is 12.3. The van der Waals surface area contributed by atoms with Gasteiger partial charge in [0.25, 0.3) is 5.88 Å². The number of rotatable bonds is 3. The van der Waals surface area contributed by atoms with Crippen molar-refractivity contribution >= 4 is 5.97 Å². The average Bonchev–Trinajstić information content (AvgIpc) is 2.76. The molecule has 1 aromatic carbocycles. The Morgan fingerprint density at radius 2 is 2.35 bits per heavy atom. The van der Waals surface area contributed by atoms with Gasteiger partial charge >= 0.3 is 5.97 Å². The van der Waals surface area contributed by atoms with Crippen LogP contribution in [0.25, 0.3) is 11.3 Å². The van der Waals surface area contributed by atoms with Gasteiger partial charge in [-0.05, 0) is 11.6 Å². The zero-order valence-electron chi connectivity index (χ0n) is 9.21. The first kappa shape index (κ1) is 11.3. The van der Waals surface area contributed by atoms with Crippen molar-refractivity contribution in [1.29, 1.82) is 0 Å². The molecule has 88 valence electrons. The number of hydrogen-bond donors (Lipinski definition) is 1. The number of carbonyl (C=O) groups is 1. The Kier molecular flexibility index (Phi) is 3.20. The van der Waals surface area contributed by atoms with Gasteiger partial charge in [-0.25, -0.2) is 0 Å². The molecule has 0 bridgehead atoms. The number of carbonyl (C=O) groups excluding carboxylic acids is 1. The van der Waals surface area contributed by atoms with Crippen molar-refractivity contribution in [3.05, 3.63) is 36.2 Å². The average molecular weight is 233 g/mol. The second kappa shape index (κ2) is 4.80. The van der Waals surface area contributed by atoms with Crippen LogP contribution in [0.3, 0.4) is 0 Å². The predicted octanol–water partition coefficient (Wildman–Crippen LogP) is 1.76. The molecule has 0 aliphatic carbocycles. The summed E-state index contributed by atoms with van der Waals surface area (Å²) in [6.45, 7) is 1.23. The van der Waals surface area contributed by atoms with E-state index in [0.29, 0.717) is 11.3 Å². The lowest BCUT2D eigenvalue weighted by molar-refractivity contribution is -0.132. The number of nitrogens with zero attached hydrogens (tertiary/aromatic N) is 1. The van der Waals surface area contributed by atoms with E-state index < -0.39 is 5.97 Å². The molecule has 0 radical (unpaired) electrons. The van der Waals surface area contributed by atoms with Crippen LogP contribution in [0, 0.1) is 0 Å².